The standard InChI is InChI=1S/C10H17N3O/c1-6-8(3)13(9(4)14)10(11-5)7(2)12-6/h8,11H,1-5H3. The molecule has 1 atom stereocenters. The van der Waals surface area contributed by atoms with E-state index in [9.17, 15) is 4.79 Å². The Bertz CT molecular complexity index is 317. The van der Waals surface area contributed by atoms with Gasteiger partial charge in [0.15, 0.2) is 0 Å². The van der Waals surface area contributed by atoms with Crippen molar-refractivity contribution in [3.05, 3.63) is 11.5 Å². The van der Waals surface area contributed by atoms with Gasteiger partial charge in [-0.2, -0.15) is 0 Å². The van der Waals surface area contributed by atoms with Crippen LogP contribution in [0.2, 0.25) is 0 Å². The summed E-state index contributed by atoms with van der Waals surface area (Å²) in [5.74, 6) is 0.839. The number of carbonyl (C=O) groups excluding carboxylic acids is 1. The average molecular weight is 195 g/mol. The molecule has 4 heteroatoms. The molecular formula is C10H17N3O. The van der Waals surface area contributed by atoms with E-state index in [1.165, 1.54) is 0 Å². The van der Waals surface area contributed by atoms with Crippen molar-refractivity contribution in [2.45, 2.75) is 33.7 Å². The van der Waals surface area contributed by atoms with Crippen molar-refractivity contribution in [2.24, 2.45) is 4.99 Å². The van der Waals surface area contributed by atoms with Crippen LogP contribution in [0.25, 0.3) is 0 Å². The number of aliphatic imine (C=N–C) groups is 1. The molecule has 4 nitrogen and oxygen atoms in total. The molecule has 1 aliphatic heterocycles. The minimum absolute atomic E-state index is 0.0375. The second kappa shape index (κ2) is 3.82. The summed E-state index contributed by atoms with van der Waals surface area (Å²) in [5, 5.41) is 3.01. The Balaban J connectivity index is 3.16. The first-order valence-electron chi connectivity index (χ1n) is 4.72. The van der Waals surface area contributed by atoms with E-state index in [1.54, 1.807) is 18.9 Å². The second-order valence-corrected chi connectivity index (χ2v) is 3.50. The maximum absolute atomic E-state index is 11.5. The van der Waals surface area contributed by atoms with Crippen LogP contribution in [0.1, 0.15) is 27.7 Å². The molecule has 0 saturated heterocycles. The van der Waals surface area contributed by atoms with Gasteiger partial charge < -0.3 is 5.32 Å². The van der Waals surface area contributed by atoms with Gasteiger partial charge in [0.1, 0.15) is 5.82 Å². The average Bonchev–Trinajstić information content (AvgIpc) is 2.10. The molecule has 0 radical (unpaired) electrons. The number of hydrogen-bond donors (Lipinski definition) is 1. The van der Waals surface area contributed by atoms with Gasteiger partial charge in [-0.05, 0) is 20.8 Å². The van der Waals surface area contributed by atoms with E-state index in [-0.39, 0.29) is 11.9 Å². The molecule has 0 saturated carbocycles. The topological polar surface area (TPSA) is 44.7 Å². The van der Waals surface area contributed by atoms with Crippen LogP contribution < -0.4 is 5.32 Å². The van der Waals surface area contributed by atoms with E-state index in [1.807, 2.05) is 20.8 Å². The predicted molar refractivity (Wildman–Crippen MR) is 56.9 cm³/mol. The maximum atomic E-state index is 11.5. The molecule has 0 fully saturated rings. The van der Waals surface area contributed by atoms with Crippen LogP contribution in [0.3, 0.4) is 0 Å². The van der Waals surface area contributed by atoms with E-state index in [0.29, 0.717) is 0 Å². The van der Waals surface area contributed by atoms with Gasteiger partial charge in [-0.25, -0.2) is 0 Å². The third kappa shape index (κ3) is 1.64. The van der Waals surface area contributed by atoms with Gasteiger partial charge in [0.25, 0.3) is 0 Å². The molecule has 0 aromatic heterocycles. The van der Waals surface area contributed by atoms with Gasteiger partial charge in [0, 0.05) is 19.7 Å². The number of nitrogens with one attached hydrogen (secondary N) is 1. The quantitative estimate of drug-likeness (QED) is 0.681. The Labute approximate surface area is 84.7 Å². The molecule has 1 N–H and O–H groups in total. The molecule has 1 amide bonds. The summed E-state index contributed by atoms with van der Waals surface area (Å²) in [5.41, 5.74) is 1.83. The van der Waals surface area contributed by atoms with Gasteiger partial charge in [-0.3, -0.25) is 14.7 Å². The molecule has 0 aliphatic carbocycles. The molecule has 0 aromatic rings. The molecule has 1 aliphatic rings. The highest BCUT2D eigenvalue weighted by Gasteiger charge is 2.27. The van der Waals surface area contributed by atoms with Gasteiger partial charge in [0.05, 0.1) is 11.7 Å². The van der Waals surface area contributed by atoms with Crippen molar-refractivity contribution < 1.29 is 4.79 Å². The molecule has 0 bridgehead atoms. The summed E-state index contributed by atoms with van der Waals surface area (Å²) < 4.78 is 0. The summed E-state index contributed by atoms with van der Waals surface area (Å²) in [7, 11) is 1.80. The van der Waals surface area contributed by atoms with Crippen LogP contribution in [0.5, 0.6) is 0 Å². The fourth-order valence-corrected chi connectivity index (χ4v) is 1.70. The van der Waals surface area contributed by atoms with E-state index < -0.39 is 0 Å². The number of nitrogens with zero attached hydrogens (tertiary/aromatic N) is 2. The van der Waals surface area contributed by atoms with Gasteiger partial charge in [-0.1, -0.05) is 0 Å². The molecule has 1 unspecified atom stereocenters. The highest BCUT2D eigenvalue weighted by molar-refractivity contribution is 5.93. The monoisotopic (exact) mass is 195 g/mol. The van der Waals surface area contributed by atoms with Crippen molar-refractivity contribution in [3.63, 3.8) is 0 Å². The summed E-state index contributed by atoms with van der Waals surface area (Å²) in [6, 6.07) is 0.0404. The number of hydrogen-bond acceptors (Lipinski definition) is 3. The van der Waals surface area contributed by atoms with Gasteiger partial charge >= 0.3 is 0 Å². The minimum atomic E-state index is 0.0375. The third-order valence-electron chi connectivity index (χ3n) is 2.50. The van der Waals surface area contributed by atoms with Crippen LogP contribution in [-0.4, -0.2) is 29.6 Å². The zero-order valence-electron chi connectivity index (χ0n) is 9.38. The number of rotatable bonds is 1. The number of carbonyl (C=O) groups is 1. The normalized spacial score (nSPS) is 22.2. The lowest BCUT2D eigenvalue weighted by atomic mass is 10.1. The number of amides is 1. The Morgan fingerprint density at radius 3 is 2.50 bits per heavy atom. The highest BCUT2D eigenvalue weighted by Crippen LogP contribution is 2.19. The van der Waals surface area contributed by atoms with Crippen LogP contribution in [0, 0.1) is 0 Å². The van der Waals surface area contributed by atoms with E-state index >= 15 is 0 Å². The Hall–Kier alpha value is -1.32. The Morgan fingerprint density at radius 2 is 2.07 bits per heavy atom. The van der Waals surface area contributed by atoms with Crippen LogP contribution >= 0.6 is 0 Å². The van der Waals surface area contributed by atoms with Crippen LogP contribution in [0.15, 0.2) is 16.5 Å². The maximum Gasteiger partial charge on any atom is 0.225 e. The third-order valence-corrected chi connectivity index (χ3v) is 2.50. The Morgan fingerprint density at radius 1 is 1.50 bits per heavy atom. The van der Waals surface area contributed by atoms with Crippen LogP contribution in [-0.2, 0) is 4.79 Å². The molecule has 78 valence electrons. The first-order chi connectivity index (χ1) is 6.49. The molecule has 0 spiro atoms. The molecule has 0 aromatic carbocycles. The first-order valence-corrected chi connectivity index (χ1v) is 4.72. The second-order valence-electron chi connectivity index (χ2n) is 3.50. The molecule has 1 rings (SSSR count). The summed E-state index contributed by atoms with van der Waals surface area (Å²) in [6.45, 7) is 7.39. The van der Waals surface area contributed by atoms with Gasteiger partial charge in [0.2, 0.25) is 5.91 Å². The van der Waals surface area contributed by atoms with Crippen molar-refractivity contribution in [1.29, 1.82) is 0 Å². The summed E-state index contributed by atoms with van der Waals surface area (Å²) >= 11 is 0. The van der Waals surface area contributed by atoms with E-state index in [4.69, 9.17) is 0 Å². The van der Waals surface area contributed by atoms with Crippen LogP contribution in [0.4, 0.5) is 0 Å². The van der Waals surface area contributed by atoms with Crippen molar-refractivity contribution in [1.82, 2.24) is 10.2 Å². The first kappa shape index (κ1) is 10.8. The largest absolute Gasteiger partial charge is 0.373 e. The lowest BCUT2D eigenvalue weighted by Gasteiger charge is -2.34. The minimum Gasteiger partial charge on any atom is -0.373 e. The lowest BCUT2D eigenvalue weighted by Crippen LogP contribution is -2.46. The molecule has 14 heavy (non-hydrogen) atoms. The van der Waals surface area contributed by atoms with E-state index in [2.05, 4.69) is 10.3 Å². The van der Waals surface area contributed by atoms with Crippen molar-refractivity contribution in [2.75, 3.05) is 7.05 Å². The number of allylic oxidation sites excluding steroid dienone is 1. The molecule has 1 heterocycles. The SMILES string of the molecule is CNC1=C(C)N=C(C)C(C)N1C(C)=O. The Kier molecular flexibility index (Phi) is 2.93. The molecular weight excluding hydrogens is 178 g/mol. The fraction of sp³-hybridized carbons (Fsp3) is 0.600. The zero-order valence-corrected chi connectivity index (χ0v) is 9.38. The predicted octanol–water partition coefficient (Wildman–Crippen LogP) is 1.11. The summed E-state index contributed by atoms with van der Waals surface area (Å²) in [6.07, 6.45) is 0. The fourth-order valence-electron chi connectivity index (χ4n) is 1.70. The van der Waals surface area contributed by atoms with Crippen molar-refractivity contribution >= 4 is 11.6 Å². The van der Waals surface area contributed by atoms with E-state index in [0.717, 1.165) is 17.2 Å². The van der Waals surface area contributed by atoms with Gasteiger partial charge in [-0.15, -0.1) is 0 Å². The summed E-state index contributed by atoms with van der Waals surface area (Å²) in [4.78, 5) is 17.6. The smallest absolute Gasteiger partial charge is 0.225 e. The van der Waals surface area contributed by atoms with Crippen molar-refractivity contribution in [3.8, 4) is 0 Å². The lowest BCUT2D eigenvalue weighted by molar-refractivity contribution is -0.128. The zero-order chi connectivity index (χ0) is 10.9. The highest BCUT2D eigenvalue weighted by atomic mass is 16.2.